The molecule has 2 rings (SSSR count). The molecule has 1 saturated heterocycles. The maximum absolute atomic E-state index is 11.5. The fourth-order valence-electron chi connectivity index (χ4n) is 2.46. The van der Waals surface area contributed by atoms with Crippen molar-refractivity contribution in [1.82, 2.24) is 20.4 Å². The summed E-state index contributed by atoms with van der Waals surface area (Å²) in [6, 6.07) is 7.87. The van der Waals surface area contributed by atoms with E-state index in [9.17, 15) is 9.59 Å². The van der Waals surface area contributed by atoms with Crippen LogP contribution in [0.25, 0.3) is 0 Å². The molecule has 0 spiro atoms. The number of guanidine groups is 1. The largest absolute Gasteiger partial charge is 0.354 e. The lowest BCUT2D eigenvalue weighted by molar-refractivity contribution is -0.124. The molecule has 0 aromatic heterocycles. The first-order chi connectivity index (χ1) is 11.0. The molecule has 1 aromatic carbocycles. The zero-order valence-corrected chi connectivity index (χ0v) is 16.5. The van der Waals surface area contributed by atoms with Gasteiger partial charge < -0.3 is 15.5 Å². The summed E-state index contributed by atoms with van der Waals surface area (Å²) in [4.78, 5) is 30.4. The standard InChI is InChI=1S/C16H23N5O2.HI/c1-12-6-4-5-7-13(12)11-20(3)15(17-2)18-8-9-21-14(22)10-19-16(21)23;/h4-7H,8-11H2,1-3H3,(H,17,18)(H,19,23);1H. The van der Waals surface area contributed by atoms with E-state index in [1.165, 1.54) is 16.0 Å². The van der Waals surface area contributed by atoms with Gasteiger partial charge in [0.05, 0.1) is 6.54 Å². The summed E-state index contributed by atoms with van der Waals surface area (Å²) in [6.07, 6.45) is 0. The Labute approximate surface area is 159 Å². The zero-order chi connectivity index (χ0) is 16.8. The summed E-state index contributed by atoms with van der Waals surface area (Å²) in [5.74, 6) is 0.528. The number of nitrogens with zero attached hydrogens (tertiary/aromatic N) is 3. The lowest BCUT2D eigenvalue weighted by Crippen LogP contribution is -2.43. The van der Waals surface area contributed by atoms with E-state index in [2.05, 4.69) is 34.7 Å². The summed E-state index contributed by atoms with van der Waals surface area (Å²) in [6.45, 7) is 3.68. The van der Waals surface area contributed by atoms with Crippen LogP contribution in [0.5, 0.6) is 0 Å². The fraction of sp³-hybridized carbons (Fsp3) is 0.438. The topological polar surface area (TPSA) is 77.0 Å². The lowest BCUT2D eigenvalue weighted by Gasteiger charge is -2.23. The van der Waals surface area contributed by atoms with Crippen LogP contribution in [0.2, 0.25) is 0 Å². The van der Waals surface area contributed by atoms with Crippen molar-refractivity contribution in [2.45, 2.75) is 13.5 Å². The van der Waals surface area contributed by atoms with Crippen molar-refractivity contribution < 1.29 is 9.59 Å². The third-order valence-corrected chi connectivity index (χ3v) is 3.80. The van der Waals surface area contributed by atoms with Gasteiger partial charge in [0, 0.05) is 33.7 Å². The highest BCUT2D eigenvalue weighted by atomic mass is 127. The summed E-state index contributed by atoms with van der Waals surface area (Å²) in [7, 11) is 3.67. The number of aryl methyl sites for hydroxylation is 1. The van der Waals surface area contributed by atoms with E-state index in [0.717, 1.165) is 12.5 Å². The van der Waals surface area contributed by atoms with E-state index in [1.807, 2.05) is 24.1 Å². The first-order valence-corrected chi connectivity index (χ1v) is 7.57. The molecule has 0 saturated carbocycles. The lowest BCUT2D eigenvalue weighted by atomic mass is 10.1. The molecular weight excluding hydrogens is 421 g/mol. The predicted octanol–water partition coefficient (Wildman–Crippen LogP) is 1.17. The summed E-state index contributed by atoms with van der Waals surface area (Å²) in [5.41, 5.74) is 2.46. The van der Waals surface area contributed by atoms with Crippen LogP contribution < -0.4 is 10.6 Å². The minimum absolute atomic E-state index is 0. The molecule has 0 radical (unpaired) electrons. The predicted molar refractivity (Wildman–Crippen MR) is 105 cm³/mol. The van der Waals surface area contributed by atoms with Crippen molar-refractivity contribution in [1.29, 1.82) is 0 Å². The molecule has 0 unspecified atom stereocenters. The highest BCUT2D eigenvalue weighted by molar-refractivity contribution is 14.0. The van der Waals surface area contributed by atoms with Gasteiger partial charge in [-0.25, -0.2) is 4.79 Å². The molecule has 1 aliphatic rings. The molecular formula is C16H24IN5O2. The van der Waals surface area contributed by atoms with Gasteiger partial charge in [-0.2, -0.15) is 0 Å². The third-order valence-electron chi connectivity index (χ3n) is 3.80. The van der Waals surface area contributed by atoms with E-state index in [1.54, 1.807) is 7.05 Å². The number of carbonyl (C=O) groups is 2. The second-order valence-electron chi connectivity index (χ2n) is 5.46. The van der Waals surface area contributed by atoms with Crippen molar-refractivity contribution in [3.8, 4) is 0 Å². The van der Waals surface area contributed by atoms with Crippen LogP contribution in [-0.4, -0.2) is 61.4 Å². The van der Waals surface area contributed by atoms with Gasteiger partial charge in [-0.15, -0.1) is 24.0 Å². The number of benzene rings is 1. The average molecular weight is 445 g/mol. The van der Waals surface area contributed by atoms with Gasteiger partial charge in [-0.1, -0.05) is 24.3 Å². The molecule has 3 amide bonds. The second kappa shape index (κ2) is 9.45. The molecule has 7 nitrogen and oxygen atoms in total. The molecule has 132 valence electrons. The van der Waals surface area contributed by atoms with Crippen molar-refractivity contribution in [3.63, 3.8) is 0 Å². The Morgan fingerprint density at radius 1 is 1.38 bits per heavy atom. The number of rotatable bonds is 5. The van der Waals surface area contributed by atoms with Gasteiger partial charge in [0.1, 0.15) is 0 Å². The molecule has 1 aliphatic heterocycles. The quantitative estimate of drug-likeness (QED) is 0.309. The smallest absolute Gasteiger partial charge is 0.324 e. The van der Waals surface area contributed by atoms with E-state index in [0.29, 0.717) is 13.1 Å². The fourth-order valence-corrected chi connectivity index (χ4v) is 2.46. The first kappa shape index (κ1) is 20.2. The molecule has 2 N–H and O–H groups in total. The monoisotopic (exact) mass is 445 g/mol. The molecule has 1 aromatic rings. The van der Waals surface area contributed by atoms with E-state index >= 15 is 0 Å². The Bertz CT molecular complexity index is 604. The van der Waals surface area contributed by atoms with E-state index < -0.39 is 0 Å². The third kappa shape index (κ3) is 5.08. The molecule has 1 heterocycles. The van der Waals surface area contributed by atoms with Crippen molar-refractivity contribution >= 4 is 41.9 Å². The van der Waals surface area contributed by atoms with Crippen LogP contribution in [0.15, 0.2) is 29.3 Å². The van der Waals surface area contributed by atoms with Gasteiger partial charge >= 0.3 is 6.03 Å². The van der Waals surface area contributed by atoms with Crippen LogP contribution in [0.3, 0.4) is 0 Å². The number of hydrogen-bond donors (Lipinski definition) is 2. The van der Waals surface area contributed by atoms with Crippen LogP contribution in [-0.2, 0) is 11.3 Å². The SMILES string of the molecule is CN=C(NCCN1C(=O)CNC1=O)N(C)Cc1ccccc1C.I. The highest BCUT2D eigenvalue weighted by Gasteiger charge is 2.27. The molecule has 0 bridgehead atoms. The first-order valence-electron chi connectivity index (χ1n) is 7.57. The number of nitrogens with one attached hydrogen (secondary N) is 2. The summed E-state index contributed by atoms with van der Waals surface area (Å²) < 4.78 is 0. The number of amides is 3. The zero-order valence-electron chi connectivity index (χ0n) is 14.2. The molecule has 0 atom stereocenters. The number of halogens is 1. The van der Waals surface area contributed by atoms with Crippen molar-refractivity contribution in [3.05, 3.63) is 35.4 Å². The van der Waals surface area contributed by atoms with Crippen molar-refractivity contribution in [2.75, 3.05) is 33.7 Å². The number of aliphatic imine (C=N–C) groups is 1. The number of hydrogen-bond acceptors (Lipinski definition) is 3. The van der Waals surface area contributed by atoms with Gasteiger partial charge in [-0.3, -0.25) is 14.7 Å². The van der Waals surface area contributed by atoms with Crippen LogP contribution in [0.4, 0.5) is 4.79 Å². The summed E-state index contributed by atoms with van der Waals surface area (Å²) >= 11 is 0. The maximum atomic E-state index is 11.5. The Kier molecular flexibility index (Phi) is 7.96. The van der Waals surface area contributed by atoms with Gasteiger partial charge in [0.25, 0.3) is 0 Å². The average Bonchev–Trinajstić information content (AvgIpc) is 2.85. The normalized spacial score (nSPS) is 14.3. The Morgan fingerprint density at radius 3 is 2.67 bits per heavy atom. The molecule has 24 heavy (non-hydrogen) atoms. The summed E-state index contributed by atoms with van der Waals surface area (Å²) in [5, 5.41) is 5.68. The molecule has 8 heteroatoms. The maximum Gasteiger partial charge on any atom is 0.324 e. The minimum atomic E-state index is -0.333. The number of imide groups is 1. The number of carbonyl (C=O) groups excluding carboxylic acids is 2. The Balaban J connectivity index is 0.00000288. The minimum Gasteiger partial charge on any atom is -0.354 e. The Morgan fingerprint density at radius 2 is 2.08 bits per heavy atom. The number of urea groups is 1. The Hall–Kier alpha value is -1.84. The van der Waals surface area contributed by atoms with Crippen molar-refractivity contribution in [2.24, 2.45) is 4.99 Å². The van der Waals surface area contributed by atoms with Gasteiger partial charge in [0.2, 0.25) is 5.91 Å². The van der Waals surface area contributed by atoms with Crippen LogP contribution in [0.1, 0.15) is 11.1 Å². The second-order valence-corrected chi connectivity index (χ2v) is 5.46. The van der Waals surface area contributed by atoms with Crippen LogP contribution >= 0.6 is 24.0 Å². The van der Waals surface area contributed by atoms with Gasteiger partial charge in [-0.05, 0) is 18.1 Å². The molecule has 0 aliphatic carbocycles. The molecule has 1 fully saturated rings. The highest BCUT2D eigenvalue weighted by Crippen LogP contribution is 2.09. The van der Waals surface area contributed by atoms with E-state index in [-0.39, 0.29) is 42.5 Å². The van der Waals surface area contributed by atoms with Gasteiger partial charge in [0.15, 0.2) is 5.96 Å². The van der Waals surface area contributed by atoms with Crippen LogP contribution in [0, 0.1) is 6.92 Å². The van der Waals surface area contributed by atoms with E-state index in [4.69, 9.17) is 0 Å².